The Morgan fingerprint density at radius 2 is 1.73 bits per heavy atom. The van der Waals surface area contributed by atoms with Crippen molar-refractivity contribution in [1.82, 2.24) is 19.5 Å². The summed E-state index contributed by atoms with van der Waals surface area (Å²) in [5.41, 5.74) is -2.22. The highest BCUT2D eigenvalue weighted by atomic mass is 35.5. The predicted octanol–water partition coefficient (Wildman–Crippen LogP) is 4.47. The van der Waals surface area contributed by atoms with Gasteiger partial charge in [0.2, 0.25) is 11.8 Å². The third-order valence-electron chi connectivity index (χ3n) is 6.05. The van der Waals surface area contributed by atoms with Gasteiger partial charge in [0, 0.05) is 12.1 Å². The van der Waals surface area contributed by atoms with E-state index in [1.54, 1.807) is 20.8 Å². The molecule has 0 fully saturated rings. The second-order valence-corrected chi connectivity index (χ2v) is 10.6. The molecular formula is C28H28ClF2N5O9. The van der Waals surface area contributed by atoms with Crippen molar-refractivity contribution in [3.05, 3.63) is 57.0 Å². The Kier molecular flexibility index (Phi) is 9.37. The maximum absolute atomic E-state index is 14.6. The van der Waals surface area contributed by atoms with Crippen LogP contribution >= 0.6 is 11.6 Å². The van der Waals surface area contributed by atoms with E-state index in [2.05, 4.69) is 15.0 Å². The molecule has 2 aromatic carbocycles. The van der Waals surface area contributed by atoms with Crippen LogP contribution in [-0.4, -0.2) is 70.2 Å². The number of carboxylic acids is 1. The van der Waals surface area contributed by atoms with Gasteiger partial charge in [-0.1, -0.05) is 11.6 Å². The van der Waals surface area contributed by atoms with Gasteiger partial charge in [-0.25, -0.2) is 27.8 Å². The second-order valence-electron chi connectivity index (χ2n) is 10.2. The SMILES string of the molecule is COc1cc(Cl)c(-n2c(=O)[nH]c3c(OC)nc(N(CC(=O)O)C(=O)OC(C)(C)C)nc32)cc1OCc1c(OC)ccc(F)c1F. The summed E-state index contributed by atoms with van der Waals surface area (Å²) in [5, 5.41) is 9.45. The number of nitrogens with one attached hydrogen (secondary N) is 1. The smallest absolute Gasteiger partial charge is 0.417 e. The summed E-state index contributed by atoms with van der Waals surface area (Å²) < 4.78 is 56.4. The fourth-order valence-electron chi connectivity index (χ4n) is 4.13. The van der Waals surface area contributed by atoms with Crippen LogP contribution in [0.4, 0.5) is 19.5 Å². The lowest BCUT2D eigenvalue weighted by atomic mass is 10.2. The molecule has 4 rings (SSSR count). The van der Waals surface area contributed by atoms with E-state index in [0.29, 0.717) is 4.90 Å². The van der Waals surface area contributed by atoms with Crippen LogP contribution in [0, 0.1) is 11.6 Å². The maximum atomic E-state index is 14.6. The number of fused-ring (bicyclic) bond motifs is 1. The third-order valence-corrected chi connectivity index (χ3v) is 6.36. The van der Waals surface area contributed by atoms with E-state index in [9.17, 15) is 28.3 Å². The van der Waals surface area contributed by atoms with Crippen LogP contribution in [0.1, 0.15) is 26.3 Å². The summed E-state index contributed by atoms with van der Waals surface area (Å²) in [6.45, 7) is 3.36. The quantitative estimate of drug-likeness (QED) is 0.248. The van der Waals surface area contributed by atoms with Crippen molar-refractivity contribution in [3.8, 4) is 28.8 Å². The van der Waals surface area contributed by atoms with E-state index >= 15 is 0 Å². The molecule has 0 aliphatic rings. The van der Waals surface area contributed by atoms with Crippen molar-refractivity contribution in [2.45, 2.75) is 33.0 Å². The number of aromatic amines is 1. The molecule has 240 valence electrons. The first kappa shape index (κ1) is 32.8. The number of hydrogen-bond acceptors (Lipinski definition) is 10. The van der Waals surface area contributed by atoms with Gasteiger partial charge in [0.15, 0.2) is 28.8 Å². The fourth-order valence-corrected chi connectivity index (χ4v) is 4.37. The molecule has 4 aromatic rings. The molecule has 1 amide bonds. The Bertz CT molecular complexity index is 1840. The normalized spacial score (nSPS) is 11.3. The number of carbonyl (C=O) groups is 2. The van der Waals surface area contributed by atoms with Gasteiger partial charge in [-0.3, -0.25) is 9.78 Å². The van der Waals surface area contributed by atoms with Crippen LogP contribution in [0.5, 0.6) is 23.1 Å². The van der Waals surface area contributed by atoms with Gasteiger partial charge in [-0.15, -0.1) is 0 Å². The third kappa shape index (κ3) is 6.85. The Balaban J connectivity index is 1.88. The Morgan fingerprint density at radius 1 is 1.04 bits per heavy atom. The number of nitrogens with zero attached hydrogens (tertiary/aromatic N) is 4. The highest BCUT2D eigenvalue weighted by Crippen LogP contribution is 2.37. The Labute approximate surface area is 259 Å². The molecule has 0 saturated heterocycles. The predicted molar refractivity (Wildman–Crippen MR) is 156 cm³/mol. The first-order chi connectivity index (χ1) is 21.2. The summed E-state index contributed by atoms with van der Waals surface area (Å²) in [6, 6.07) is 4.75. The lowest BCUT2D eigenvalue weighted by Gasteiger charge is -2.25. The first-order valence-corrected chi connectivity index (χ1v) is 13.4. The minimum atomic E-state index is -1.40. The number of aliphatic carboxylic acids is 1. The number of halogens is 3. The number of rotatable bonds is 10. The van der Waals surface area contributed by atoms with E-state index in [4.69, 9.17) is 35.3 Å². The van der Waals surface area contributed by atoms with Gasteiger partial charge in [0.25, 0.3) is 0 Å². The zero-order valence-corrected chi connectivity index (χ0v) is 25.6. The molecule has 0 atom stereocenters. The molecular weight excluding hydrogens is 624 g/mol. The average molecular weight is 652 g/mol. The van der Waals surface area contributed by atoms with Crippen molar-refractivity contribution in [2.24, 2.45) is 0 Å². The fraction of sp³-hybridized carbons (Fsp3) is 0.321. The van der Waals surface area contributed by atoms with Crippen molar-refractivity contribution in [2.75, 3.05) is 32.8 Å². The lowest BCUT2D eigenvalue weighted by Crippen LogP contribution is -2.41. The number of benzene rings is 2. The van der Waals surface area contributed by atoms with Crippen LogP contribution in [0.25, 0.3) is 16.9 Å². The number of amides is 1. The second kappa shape index (κ2) is 12.9. The molecule has 0 aliphatic heterocycles. The zero-order chi connectivity index (χ0) is 33.2. The topological polar surface area (TPSA) is 167 Å². The first-order valence-electron chi connectivity index (χ1n) is 13.0. The Morgan fingerprint density at radius 3 is 2.33 bits per heavy atom. The lowest BCUT2D eigenvalue weighted by molar-refractivity contribution is -0.135. The summed E-state index contributed by atoms with van der Waals surface area (Å²) in [6.07, 6.45) is -1.08. The van der Waals surface area contributed by atoms with Crippen molar-refractivity contribution in [1.29, 1.82) is 0 Å². The molecule has 2 aromatic heterocycles. The number of methoxy groups -OCH3 is 3. The number of aromatic nitrogens is 4. The molecule has 0 spiro atoms. The molecule has 0 radical (unpaired) electrons. The van der Waals surface area contributed by atoms with Crippen molar-refractivity contribution >= 4 is 40.8 Å². The molecule has 0 unspecified atom stereocenters. The van der Waals surface area contributed by atoms with Crippen LogP contribution in [0.3, 0.4) is 0 Å². The van der Waals surface area contributed by atoms with Crippen LogP contribution < -0.4 is 29.5 Å². The summed E-state index contributed by atoms with van der Waals surface area (Å²) in [4.78, 5) is 49.6. The standard InChI is InChI=1S/C28H28ClF2N5O9/c1-28(2,3)45-27(40)35(11-20(37)38)25-33-23-22(24(34-25)43-6)32-26(39)36(23)16-10-19(18(42-5)9-14(16)29)44-12-13-17(41-4)8-7-15(30)21(13)31/h7-10H,11-12H2,1-6H3,(H,32,39)(H,37,38). The molecule has 0 bridgehead atoms. The molecule has 2 heterocycles. The molecule has 14 nitrogen and oxygen atoms in total. The highest BCUT2D eigenvalue weighted by Gasteiger charge is 2.30. The van der Waals surface area contributed by atoms with Gasteiger partial charge >= 0.3 is 17.8 Å². The Hall–Kier alpha value is -5.12. The van der Waals surface area contributed by atoms with Crippen LogP contribution in [0.15, 0.2) is 29.1 Å². The minimum Gasteiger partial charge on any atom is -0.496 e. The van der Waals surface area contributed by atoms with Crippen LogP contribution in [-0.2, 0) is 16.1 Å². The number of H-pyrrole nitrogens is 1. The summed E-state index contributed by atoms with van der Waals surface area (Å²) in [5.74, 6) is -4.29. The van der Waals surface area contributed by atoms with E-state index in [1.165, 1.54) is 39.5 Å². The van der Waals surface area contributed by atoms with E-state index in [0.717, 1.165) is 10.6 Å². The molecule has 0 saturated carbocycles. The van der Waals surface area contributed by atoms with E-state index < -0.39 is 54.1 Å². The number of carbonyl (C=O) groups excluding carboxylic acids is 1. The van der Waals surface area contributed by atoms with Gasteiger partial charge in [0.05, 0.1) is 37.6 Å². The number of imidazole rings is 1. The molecule has 0 aliphatic carbocycles. The number of carboxylic acid groups (broad SMARTS) is 1. The van der Waals surface area contributed by atoms with Crippen LogP contribution in [0.2, 0.25) is 5.02 Å². The molecule has 2 N–H and O–H groups in total. The summed E-state index contributed by atoms with van der Waals surface area (Å²) >= 11 is 6.55. The largest absolute Gasteiger partial charge is 0.496 e. The monoisotopic (exact) mass is 651 g/mol. The van der Waals surface area contributed by atoms with E-state index in [1.807, 2.05) is 0 Å². The summed E-state index contributed by atoms with van der Waals surface area (Å²) in [7, 11) is 3.84. The molecule has 17 heteroatoms. The highest BCUT2D eigenvalue weighted by molar-refractivity contribution is 6.32. The molecule has 45 heavy (non-hydrogen) atoms. The van der Waals surface area contributed by atoms with Crippen molar-refractivity contribution in [3.63, 3.8) is 0 Å². The van der Waals surface area contributed by atoms with Gasteiger partial charge in [0.1, 0.15) is 30.0 Å². The number of ether oxygens (including phenoxy) is 5. The number of anilines is 1. The van der Waals surface area contributed by atoms with Gasteiger partial charge in [-0.05, 0) is 32.9 Å². The zero-order valence-electron chi connectivity index (χ0n) is 24.9. The maximum Gasteiger partial charge on any atom is 0.417 e. The van der Waals surface area contributed by atoms with Gasteiger partial charge in [-0.2, -0.15) is 9.97 Å². The number of hydrogen-bond donors (Lipinski definition) is 2. The van der Waals surface area contributed by atoms with E-state index in [-0.39, 0.29) is 50.6 Å². The average Bonchev–Trinajstić information content (AvgIpc) is 3.30. The van der Waals surface area contributed by atoms with Gasteiger partial charge < -0.3 is 28.8 Å². The minimum absolute atomic E-state index is 0.0216. The van der Waals surface area contributed by atoms with Crippen molar-refractivity contribution < 1.29 is 47.2 Å².